The molecule has 1 heteroatoms. The second kappa shape index (κ2) is 8.38. The highest BCUT2D eigenvalue weighted by Gasteiger charge is 2.23. The molecule has 1 fully saturated rings. The molecule has 0 aromatic heterocycles. The van der Waals surface area contributed by atoms with Crippen LogP contribution in [0.4, 0.5) is 0 Å². The van der Waals surface area contributed by atoms with Crippen LogP contribution in [0.25, 0.3) is 0 Å². The third-order valence-electron chi connectivity index (χ3n) is 4.72. The van der Waals surface area contributed by atoms with Gasteiger partial charge in [0.15, 0.2) is 0 Å². The van der Waals surface area contributed by atoms with Crippen LogP contribution in [0.5, 0.6) is 0 Å². The monoisotopic (exact) mass is 286 g/mol. The van der Waals surface area contributed by atoms with E-state index in [1.54, 1.807) is 0 Å². The fraction of sp³-hybridized carbons (Fsp3) is 0.600. The first-order valence-electron chi connectivity index (χ1n) is 8.67. The summed E-state index contributed by atoms with van der Waals surface area (Å²) in [4.78, 5) is 0. The molecule has 1 atom stereocenters. The van der Waals surface area contributed by atoms with Crippen LogP contribution < -0.4 is 0 Å². The summed E-state index contributed by atoms with van der Waals surface area (Å²) in [6.07, 6.45) is 12.0. The zero-order valence-corrected chi connectivity index (χ0v) is 13.6. The van der Waals surface area contributed by atoms with Crippen molar-refractivity contribution in [2.24, 2.45) is 5.92 Å². The topological polar surface area (TPSA) is 20.2 Å². The molecule has 1 aromatic carbocycles. The van der Waals surface area contributed by atoms with Crippen LogP contribution in [-0.4, -0.2) is 5.11 Å². The summed E-state index contributed by atoms with van der Waals surface area (Å²) >= 11 is 0. The summed E-state index contributed by atoms with van der Waals surface area (Å²) in [7, 11) is 0. The average molecular weight is 286 g/mol. The van der Waals surface area contributed by atoms with Crippen LogP contribution in [0, 0.1) is 12.8 Å². The van der Waals surface area contributed by atoms with E-state index in [0.29, 0.717) is 5.92 Å². The minimum Gasteiger partial charge on any atom is -0.384 e. The number of aliphatic hydroxyl groups is 1. The number of benzene rings is 1. The number of hydrogen-bond acceptors (Lipinski definition) is 1. The third kappa shape index (κ3) is 4.71. The highest BCUT2D eigenvalue weighted by molar-refractivity contribution is 5.30. The number of rotatable bonds is 6. The SMILES string of the molecule is CCCC/C=C(/C1CCCCC1)C(O)c1ccc(C)cc1. The van der Waals surface area contributed by atoms with Crippen molar-refractivity contribution in [1.29, 1.82) is 0 Å². The molecular formula is C20H30O. The molecule has 0 bridgehead atoms. The van der Waals surface area contributed by atoms with E-state index in [1.165, 1.54) is 56.1 Å². The molecule has 21 heavy (non-hydrogen) atoms. The van der Waals surface area contributed by atoms with E-state index in [2.05, 4.69) is 44.2 Å². The Balaban J connectivity index is 2.16. The van der Waals surface area contributed by atoms with Gasteiger partial charge in [0.25, 0.3) is 0 Å². The molecule has 0 radical (unpaired) electrons. The molecule has 1 saturated carbocycles. The van der Waals surface area contributed by atoms with Crippen molar-refractivity contribution in [2.75, 3.05) is 0 Å². The van der Waals surface area contributed by atoms with E-state index in [4.69, 9.17) is 0 Å². The Morgan fingerprint density at radius 3 is 2.48 bits per heavy atom. The molecule has 0 amide bonds. The first kappa shape index (κ1) is 16.3. The van der Waals surface area contributed by atoms with Gasteiger partial charge in [-0.2, -0.15) is 0 Å². The molecule has 116 valence electrons. The molecule has 1 unspecified atom stereocenters. The van der Waals surface area contributed by atoms with Gasteiger partial charge in [-0.1, -0.05) is 74.9 Å². The van der Waals surface area contributed by atoms with Gasteiger partial charge in [-0.3, -0.25) is 0 Å². The van der Waals surface area contributed by atoms with Crippen LogP contribution in [-0.2, 0) is 0 Å². The van der Waals surface area contributed by atoms with E-state index in [9.17, 15) is 5.11 Å². The van der Waals surface area contributed by atoms with Gasteiger partial charge >= 0.3 is 0 Å². The molecule has 1 aliphatic rings. The van der Waals surface area contributed by atoms with Gasteiger partial charge in [-0.25, -0.2) is 0 Å². The lowest BCUT2D eigenvalue weighted by Gasteiger charge is -2.28. The summed E-state index contributed by atoms with van der Waals surface area (Å²) in [5, 5.41) is 10.9. The predicted octanol–water partition coefficient (Wildman–Crippen LogP) is 5.73. The lowest BCUT2D eigenvalue weighted by molar-refractivity contribution is 0.191. The Bertz CT molecular complexity index is 437. The van der Waals surface area contributed by atoms with Crippen molar-refractivity contribution in [3.8, 4) is 0 Å². The van der Waals surface area contributed by atoms with Gasteiger partial charge in [-0.15, -0.1) is 0 Å². The largest absolute Gasteiger partial charge is 0.384 e. The Hall–Kier alpha value is -1.08. The Morgan fingerprint density at radius 1 is 1.19 bits per heavy atom. The van der Waals surface area contributed by atoms with Crippen molar-refractivity contribution in [3.05, 3.63) is 47.0 Å². The molecule has 2 rings (SSSR count). The van der Waals surface area contributed by atoms with E-state index in [-0.39, 0.29) is 0 Å². The van der Waals surface area contributed by atoms with Crippen LogP contribution in [0.3, 0.4) is 0 Å². The lowest BCUT2D eigenvalue weighted by Crippen LogP contribution is -2.15. The Morgan fingerprint density at radius 2 is 1.86 bits per heavy atom. The van der Waals surface area contributed by atoms with E-state index in [1.807, 2.05) is 0 Å². The molecule has 0 spiro atoms. The van der Waals surface area contributed by atoms with Crippen LogP contribution in [0.1, 0.15) is 75.5 Å². The number of unbranched alkanes of at least 4 members (excludes halogenated alkanes) is 2. The van der Waals surface area contributed by atoms with Crippen molar-refractivity contribution < 1.29 is 5.11 Å². The van der Waals surface area contributed by atoms with Gasteiger partial charge < -0.3 is 5.11 Å². The molecule has 1 N–H and O–H groups in total. The molecular weight excluding hydrogens is 256 g/mol. The Kier molecular flexibility index (Phi) is 6.50. The normalized spacial score (nSPS) is 18.7. The minimum atomic E-state index is -0.412. The Labute approximate surface area is 130 Å². The maximum Gasteiger partial charge on any atom is 0.100 e. The first-order chi connectivity index (χ1) is 10.2. The average Bonchev–Trinajstić information content (AvgIpc) is 2.53. The molecule has 0 saturated heterocycles. The molecule has 0 aliphatic heterocycles. The zero-order chi connectivity index (χ0) is 15.1. The van der Waals surface area contributed by atoms with Gasteiger partial charge in [0.2, 0.25) is 0 Å². The molecule has 1 nitrogen and oxygen atoms in total. The summed E-state index contributed by atoms with van der Waals surface area (Å²) < 4.78 is 0. The summed E-state index contributed by atoms with van der Waals surface area (Å²) in [5.41, 5.74) is 3.58. The second-order valence-electron chi connectivity index (χ2n) is 6.49. The van der Waals surface area contributed by atoms with Crippen LogP contribution >= 0.6 is 0 Å². The minimum absolute atomic E-state index is 0.412. The fourth-order valence-electron chi connectivity index (χ4n) is 3.35. The van der Waals surface area contributed by atoms with Gasteiger partial charge in [0, 0.05) is 0 Å². The molecule has 1 aliphatic carbocycles. The quantitative estimate of drug-likeness (QED) is 0.523. The van der Waals surface area contributed by atoms with Gasteiger partial charge in [-0.05, 0) is 43.2 Å². The highest BCUT2D eigenvalue weighted by atomic mass is 16.3. The van der Waals surface area contributed by atoms with Gasteiger partial charge in [0.1, 0.15) is 6.10 Å². The van der Waals surface area contributed by atoms with E-state index < -0.39 is 6.10 Å². The number of aliphatic hydroxyl groups excluding tert-OH is 1. The number of aryl methyl sites for hydroxylation is 1. The maximum atomic E-state index is 10.9. The molecule has 0 heterocycles. The number of hydrogen-bond donors (Lipinski definition) is 1. The zero-order valence-electron chi connectivity index (χ0n) is 13.6. The lowest BCUT2D eigenvalue weighted by atomic mass is 9.79. The van der Waals surface area contributed by atoms with Gasteiger partial charge in [0.05, 0.1) is 0 Å². The first-order valence-corrected chi connectivity index (χ1v) is 8.67. The third-order valence-corrected chi connectivity index (χ3v) is 4.72. The van der Waals surface area contributed by atoms with Crippen molar-refractivity contribution in [3.63, 3.8) is 0 Å². The smallest absolute Gasteiger partial charge is 0.100 e. The van der Waals surface area contributed by atoms with Crippen molar-refractivity contribution >= 4 is 0 Å². The second-order valence-corrected chi connectivity index (χ2v) is 6.49. The highest BCUT2D eigenvalue weighted by Crippen LogP contribution is 2.37. The van der Waals surface area contributed by atoms with Crippen LogP contribution in [0.2, 0.25) is 0 Å². The fourth-order valence-corrected chi connectivity index (χ4v) is 3.35. The predicted molar refractivity (Wildman–Crippen MR) is 90.3 cm³/mol. The van der Waals surface area contributed by atoms with Crippen molar-refractivity contribution in [1.82, 2.24) is 0 Å². The maximum absolute atomic E-state index is 10.9. The molecule has 1 aromatic rings. The number of allylic oxidation sites excluding steroid dienone is 1. The summed E-state index contributed by atoms with van der Waals surface area (Å²) in [6, 6.07) is 8.36. The van der Waals surface area contributed by atoms with E-state index >= 15 is 0 Å². The van der Waals surface area contributed by atoms with Crippen LogP contribution in [0.15, 0.2) is 35.9 Å². The van der Waals surface area contributed by atoms with E-state index in [0.717, 1.165) is 12.0 Å². The summed E-state index contributed by atoms with van der Waals surface area (Å²) in [5.74, 6) is 0.590. The summed E-state index contributed by atoms with van der Waals surface area (Å²) in [6.45, 7) is 4.32. The standard InChI is InChI=1S/C20H30O/c1-3-4-6-11-19(17-9-7-5-8-10-17)20(21)18-14-12-16(2)13-15-18/h11-15,17,20-21H,3-10H2,1-2H3/b19-11-. The van der Waals surface area contributed by atoms with Crippen molar-refractivity contribution in [2.45, 2.75) is 71.3 Å².